The van der Waals surface area contributed by atoms with E-state index in [9.17, 15) is 44.7 Å². The van der Waals surface area contributed by atoms with Crippen LogP contribution >= 0.6 is 31.9 Å². The second-order valence-electron chi connectivity index (χ2n) is 16.9. The van der Waals surface area contributed by atoms with E-state index in [2.05, 4.69) is 42.1 Å². The third kappa shape index (κ3) is 12.0. The van der Waals surface area contributed by atoms with Gasteiger partial charge in [-0.2, -0.15) is 10.2 Å². The van der Waals surface area contributed by atoms with E-state index in [0.717, 1.165) is 12.5 Å². The maximum Gasteiger partial charge on any atom is 0.495 e. The SMILES string of the molecule is CCOC(=O)c1cnn(C2CCOC2)c1-c1ccc(B2OC(C)(C)C(C)(C)O2)cc1[N+](=O)[O-].CCOC(=O)c1cnn(C2CCOC2)c1-c1ccc(Br)cc1[N+](=O)[O-].O=C(O)c1ccc(Br)cc1[N+](=O)[O-]. The first-order valence-corrected chi connectivity index (χ1v) is 23.6. The number of aromatic nitrogens is 4. The van der Waals surface area contributed by atoms with Crippen LogP contribution in [0.15, 0.2) is 75.9 Å². The van der Waals surface area contributed by atoms with Gasteiger partial charge in [-0.3, -0.25) is 39.7 Å². The van der Waals surface area contributed by atoms with Crippen molar-refractivity contribution < 1.29 is 62.5 Å². The molecule has 0 saturated carbocycles. The van der Waals surface area contributed by atoms with Crippen LogP contribution in [0.4, 0.5) is 17.1 Å². The summed E-state index contributed by atoms with van der Waals surface area (Å²) in [6.07, 6.45) is 4.22. The third-order valence-electron chi connectivity index (χ3n) is 11.9. The highest BCUT2D eigenvalue weighted by molar-refractivity contribution is 9.10. The number of nitro benzene ring substituents is 3. The lowest BCUT2D eigenvalue weighted by Crippen LogP contribution is -2.41. The fourth-order valence-electron chi connectivity index (χ4n) is 7.68. The molecule has 376 valence electrons. The number of carbonyl (C=O) groups is 3. The number of ether oxygens (including phenoxy) is 4. The van der Waals surface area contributed by atoms with Gasteiger partial charge in [0.1, 0.15) is 16.7 Å². The maximum atomic E-state index is 12.7. The van der Waals surface area contributed by atoms with Crippen molar-refractivity contribution in [2.24, 2.45) is 0 Å². The van der Waals surface area contributed by atoms with Crippen molar-refractivity contribution in [3.63, 3.8) is 0 Å². The van der Waals surface area contributed by atoms with E-state index < -0.39 is 56.7 Å². The summed E-state index contributed by atoms with van der Waals surface area (Å²) in [6, 6.07) is 13.1. The van der Waals surface area contributed by atoms with Gasteiger partial charge in [0.25, 0.3) is 17.1 Å². The van der Waals surface area contributed by atoms with Crippen LogP contribution in [0.5, 0.6) is 0 Å². The van der Waals surface area contributed by atoms with E-state index in [0.29, 0.717) is 64.2 Å². The summed E-state index contributed by atoms with van der Waals surface area (Å²) in [4.78, 5) is 67.9. The minimum Gasteiger partial charge on any atom is -0.477 e. The van der Waals surface area contributed by atoms with E-state index in [-0.39, 0.29) is 58.9 Å². The molecule has 3 fully saturated rings. The molecule has 26 heteroatoms. The molecule has 5 aromatic rings. The van der Waals surface area contributed by atoms with Gasteiger partial charge in [0, 0.05) is 40.4 Å². The predicted octanol–water partition coefficient (Wildman–Crippen LogP) is 8.31. The fraction of sp³-hybridized carbons (Fsp3) is 0.400. The molecule has 2 unspecified atom stereocenters. The minimum atomic E-state index is -1.31. The zero-order valence-corrected chi connectivity index (χ0v) is 42.4. The van der Waals surface area contributed by atoms with E-state index in [4.69, 9.17) is 33.4 Å². The van der Waals surface area contributed by atoms with Crippen molar-refractivity contribution in [1.29, 1.82) is 0 Å². The Labute approximate surface area is 422 Å². The number of carboxylic acid groups (broad SMARTS) is 1. The Morgan fingerprint density at radius 3 is 1.52 bits per heavy atom. The van der Waals surface area contributed by atoms with Gasteiger partial charge in [0.15, 0.2) is 0 Å². The average Bonchev–Trinajstić information content (AvgIpc) is 4.17. The Morgan fingerprint density at radius 2 is 1.11 bits per heavy atom. The summed E-state index contributed by atoms with van der Waals surface area (Å²) in [6.45, 7) is 13.5. The Kier molecular flexibility index (Phi) is 17.3. The number of nitrogens with zero attached hydrogens (tertiary/aromatic N) is 7. The fourth-order valence-corrected chi connectivity index (χ4v) is 8.38. The summed E-state index contributed by atoms with van der Waals surface area (Å²) in [5, 5.41) is 51.3. The number of aromatic carboxylic acids is 1. The summed E-state index contributed by atoms with van der Waals surface area (Å²) in [5.74, 6) is -2.44. The first kappa shape index (κ1) is 53.9. The van der Waals surface area contributed by atoms with Gasteiger partial charge in [0.05, 0.1) is 99.4 Å². The number of carbonyl (C=O) groups excluding carboxylic acids is 2. The number of hydrogen-bond acceptors (Lipinski definition) is 17. The molecule has 5 heterocycles. The van der Waals surface area contributed by atoms with Gasteiger partial charge in [-0.25, -0.2) is 14.4 Å². The van der Waals surface area contributed by atoms with Crippen molar-refractivity contribution in [3.05, 3.63) is 123 Å². The van der Waals surface area contributed by atoms with Gasteiger partial charge < -0.3 is 33.4 Å². The van der Waals surface area contributed by atoms with E-state index in [1.165, 1.54) is 36.7 Å². The maximum absolute atomic E-state index is 12.7. The van der Waals surface area contributed by atoms with Crippen LogP contribution in [0, 0.1) is 30.3 Å². The predicted molar refractivity (Wildman–Crippen MR) is 261 cm³/mol. The lowest BCUT2D eigenvalue weighted by atomic mass is 9.78. The molecule has 23 nitrogen and oxygen atoms in total. The molecule has 0 aliphatic carbocycles. The summed E-state index contributed by atoms with van der Waals surface area (Å²) in [5.41, 5.74) is 0.0558. The van der Waals surface area contributed by atoms with Crippen LogP contribution in [0.2, 0.25) is 0 Å². The molecule has 1 N–H and O–H groups in total. The average molecular weight is 1110 g/mol. The highest BCUT2D eigenvalue weighted by atomic mass is 79.9. The molecule has 71 heavy (non-hydrogen) atoms. The van der Waals surface area contributed by atoms with Crippen LogP contribution in [0.25, 0.3) is 22.5 Å². The molecule has 0 amide bonds. The van der Waals surface area contributed by atoms with Crippen LogP contribution in [-0.4, -0.2) is 115 Å². The number of carboxylic acids is 1. The van der Waals surface area contributed by atoms with Crippen molar-refractivity contribution in [1.82, 2.24) is 19.6 Å². The molecule has 0 spiro atoms. The molecule has 2 atom stereocenters. The third-order valence-corrected chi connectivity index (χ3v) is 12.9. The number of halogens is 2. The molecule has 8 rings (SSSR count). The minimum absolute atomic E-state index is 0.0820. The van der Waals surface area contributed by atoms with Crippen molar-refractivity contribution >= 4 is 79.4 Å². The second-order valence-corrected chi connectivity index (χ2v) is 18.8. The van der Waals surface area contributed by atoms with Gasteiger partial charge in [-0.05, 0) is 90.2 Å². The highest BCUT2D eigenvalue weighted by Crippen LogP contribution is 2.40. The van der Waals surface area contributed by atoms with Gasteiger partial charge in [-0.15, -0.1) is 0 Å². The zero-order valence-electron chi connectivity index (χ0n) is 39.2. The number of rotatable bonds is 13. The quantitative estimate of drug-likeness (QED) is 0.0501. The smallest absolute Gasteiger partial charge is 0.477 e. The second kappa shape index (κ2) is 22.8. The largest absolute Gasteiger partial charge is 0.495 e. The lowest BCUT2D eigenvalue weighted by molar-refractivity contribution is -0.385. The van der Waals surface area contributed by atoms with Crippen molar-refractivity contribution in [2.45, 2.75) is 77.7 Å². The first-order chi connectivity index (χ1) is 33.6. The molecule has 3 aliphatic heterocycles. The Hall–Kier alpha value is -6.45. The lowest BCUT2D eigenvalue weighted by Gasteiger charge is -2.32. The number of esters is 2. The number of nitro groups is 3. The number of hydrogen-bond donors (Lipinski definition) is 1. The molecule has 2 aromatic heterocycles. The molecule has 3 saturated heterocycles. The number of benzene rings is 3. The molecule has 0 radical (unpaired) electrons. The summed E-state index contributed by atoms with van der Waals surface area (Å²) >= 11 is 6.26. The van der Waals surface area contributed by atoms with Gasteiger partial charge >= 0.3 is 25.0 Å². The van der Waals surface area contributed by atoms with E-state index in [1.807, 2.05) is 27.7 Å². The molecular weight excluding hydrogens is 1070 g/mol. The highest BCUT2D eigenvalue weighted by Gasteiger charge is 2.52. The van der Waals surface area contributed by atoms with Crippen molar-refractivity contribution in [3.8, 4) is 22.5 Å². The molecule has 3 aliphatic rings. The summed E-state index contributed by atoms with van der Waals surface area (Å²) in [7, 11) is -0.750. The Balaban J connectivity index is 0.000000191. The molecule has 0 bridgehead atoms. The summed E-state index contributed by atoms with van der Waals surface area (Å²) < 4.78 is 37.6. The monoisotopic (exact) mass is 1110 g/mol. The Bertz CT molecular complexity index is 2830. The van der Waals surface area contributed by atoms with Crippen LogP contribution in [0.1, 0.15) is 97.5 Å². The standard InChI is InChI=1S/C22H28BN3O7.C16H16BrN3O5.C7H4BrNO4/c1-6-31-20(27)17-12-24-25(15-9-10-30-13-15)19(17)16-8-7-14(11-18(16)26(28)29)23-32-21(2,3)22(4,5)33-23;1-2-25-16(21)13-8-18-19(11-5-6-24-9-11)15(13)12-4-3-10(17)7-14(12)20(22)23;8-4-1-2-5(7(10)11)6(3-4)9(12)13/h7-8,11-12,15H,6,9-10,13H2,1-5H3;3-4,7-8,11H,2,5-6,9H2,1H3;1-3H,(H,10,11). The van der Waals surface area contributed by atoms with Crippen LogP contribution in [0.3, 0.4) is 0 Å². The van der Waals surface area contributed by atoms with Crippen LogP contribution < -0.4 is 5.46 Å². The first-order valence-electron chi connectivity index (χ1n) is 22.0. The van der Waals surface area contributed by atoms with Crippen molar-refractivity contribution in [2.75, 3.05) is 39.6 Å². The van der Waals surface area contributed by atoms with E-state index >= 15 is 0 Å². The normalized spacial score (nSPS) is 17.6. The topological polar surface area (TPSA) is 292 Å². The van der Waals surface area contributed by atoms with Crippen LogP contribution in [-0.2, 0) is 28.3 Å². The van der Waals surface area contributed by atoms with E-state index in [1.54, 1.807) is 47.5 Å². The van der Waals surface area contributed by atoms with Gasteiger partial charge in [-0.1, -0.05) is 37.9 Å². The zero-order chi connectivity index (χ0) is 51.9. The molecule has 3 aromatic carbocycles. The van der Waals surface area contributed by atoms with Gasteiger partial charge in [0.2, 0.25) is 0 Å². The molecular formula is C45H48BBr2N7O16. The Morgan fingerprint density at radius 1 is 0.690 bits per heavy atom.